The van der Waals surface area contributed by atoms with Crippen molar-refractivity contribution in [3.63, 3.8) is 0 Å². The number of halogens is 1. The van der Waals surface area contributed by atoms with Crippen molar-refractivity contribution < 1.29 is 23.7 Å². The van der Waals surface area contributed by atoms with Gasteiger partial charge in [-0.1, -0.05) is 18.2 Å². The van der Waals surface area contributed by atoms with Crippen molar-refractivity contribution in [2.45, 2.75) is 13.5 Å². The minimum atomic E-state index is -0.481. The molecule has 0 radical (unpaired) electrons. The lowest BCUT2D eigenvalue weighted by molar-refractivity contribution is -0.112. The van der Waals surface area contributed by atoms with Crippen LogP contribution in [0, 0.1) is 21.8 Å². The Morgan fingerprint density at radius 1 is 1.18 bits per heavy atom. The molecule has 8 heteroatoms. The van der Waals surface area contributed by atoms with E-state index >= 15 is 0 Å². The summed E-state index contributed by atoms with van der Waals surface area (Å²) in [6, 6.07) is 18.6. The van der Waals surface area contributed by atoms with Crippen LogP contribution in [-0.4, -0.2) is 19.8 Å². The standard InChI is InChI=1S/C26H21IN2O5/c1-16-4-3-5-20(8-16)29-26(30)19(13-28)9-18-10-21(27)25(24(12-18)31-2)32-14-17-6-7-22-23(11-17)34-15-33-22/h3-12H,14-15H2,1-2H3,(H,29,30)/b19-9-. The third kappa shape index (κ3) is 5.43. The average molecular weight is 568 g/mol. The smallest absolute Gasteiger partial charge is 0.266 e. The maximum Gasteiger partial charge on any atom is 0.266 e. The summed E-state index contributed by atoms with van der Waals surface area (Å²) in [6.07, 6.45) is 1.53. The van der Waals surface area contributed by atoms with Crippen LogP contribution in [0.4, 0.5) is 5.69 Å². The van der Waals surface area contributed by atoms with Crippen LogP contribution in [0.15, 0.2) is 60.2 Å². The maximum atomic E-state index is 12.6. The van der Waals surface area contributed by atoms with Crippen molar-refractivity contribution in [1.82, 2.24) is 0 Å². The molecule has 1 aliphatic heterocycles. The number of fused-ring (bicyclic) bond motifs is 1. The Morgan fingerprint density at radius 3 is 2.76 bits per heavy atom. The fourth-order valence-corrected chi connectivity index (χ4v) is 4.17. The molecule has 172 valence electrons. The van der Waals surface area contributed by atoms with Gasteiger partial charge in [0.05, 0.1) is 10.7 Å². The molecule has 3 aromatic carbocycles. The molecule has 3 aromatic rings. The number of hydrogen-bond donors (Lipinski definition) is 1. The average Bonchev–Trinajstić information content (AvgIpc) is 3.29. The fourth-order valence-electron chi connectivity index (χ4n) is 3.39. The lowest BCUT2D eigenvalue weighted by atomic mass is 10.1. The Kier molecular flexibility index (Phi) is 7.23. The van der Waals surface area contributed by atoms with E-state index in [-0.39, 0.29) is 12.4 Å². The molecule has 0 bridgehead atoms. The normalized spacial score (nSPS) is 12.1. The van der Waals surface area contributed by atoms with Gasteiger partial charge in [-0.2, -0.15) is 5.26 Å². The van der Waals surface area contributed by atoms with E-state index in [2.05, 4.69) is 27.9 Å². The van der Waals surface area contributed by atoms with Gasteiger partial charge < -0.3 is 24.3 Å². The van der Waals surface area contributed by atoms with Gasteiger partial charge in [0.2, 0.25) is 6.79 Å². The lowest BCUT2D eigenvalue weighted by Gasteiger charge is -2.14. The van der Waals surface area contributed by atoms with Gasteiger partial charge >= 0.3 is 0 Å². The van der Waals surface area contributed by atoms with Gasteiger partial charge in [-0.15, -0.1) is 0 Å². The molecule has 1 aliphatic rings. The molecular formula is C26H21IN2O5. The second-order valence-electron chi connectivity index (χ2n) is 7.50. The largest absolute Gasteiger partial charge is 0.493 e. The van der Waals surface area contributed by atoms with E-state index in [9.17, 15) is 10.1 Å². The molecule has 1 N–H and O–H groups in total. The number of ether oxygens (including phenoxy) is 4. The molecular weight excluding hydrogens is 547 g/mol. The minimum absolute atomic E-state index is 0.0200. The van der Waals surface area contributed by atoms with Crippen molar-refractivity contribution in [3.8, 4) is 29.1 Å². The molecule has 7 nitrogen and oxygen atoms in total. The highest BCUT2D eigenvalue weighted by atomic mass is 127. The first-order valence-corrected chi connectivity index (χ1v) is 11.4. The Balaban J connectivity index is 1.52. The highest BCUT2D eigenvalue weighted by Crippen LogP contribution is 2.36. The summed E-state index contributed by atoms with van der Waals surface area (Å²) < 4.78 is 23.1. The Labute approximate surface area is 211 Å². The van der Waals surface area contributed by atoms with Crippen LogP contribution in [0.3, 0.4) is 0 Å². The molecule has 0 spiro atoms. The zero-order valence-electron chi connectivity index (χ0n) is 18.6. The quantitative estimate of drug-likeness (QED) is 0.231. The van der Waals surface area contributed by atoms with E-state index in [1.165, 1.54) is 6.08 Å². The van der Waals surface area contributed by atoms with Gasteiger partial charge in [0.1, 0.15) is 18.2 Å². The van der Waals surface area contributed by atoms with Gasteiger partial charge in [0.15, 0.2) is 23.0 Å². The number of nitriles is 1. The molecule has 0 aromatic heterocycles. The van der Waals surface area contributed by atoms with Crippen LogP contribution in [0.25, 0.3) is 6.08 Å². The number of methoxy groups -OCH3 is 1. The highest BCUT2D eigenvalue weighted by molar-refractivity contribution is 14.1. The maximum absolute atomic E-state index is 12.6. The summed E-state index contributed by atoms with van der Waals surface area (Å²) in [5.74, 6) is 1.99. The summed E-state index contributed by atoms with van der Waals surface area (Å²) in [6.45, 7) is 2.45. The van der Waals surface area contributed by atoms with Crippen molar-refractivity contribution in [2.75, 3.05) is 19.2 Å². The van der Waals surface area contributed by atoms with Crippen LogP contribution in [0.5, 0.6) is 23.0 Å². The number of rotatable bonds is 7. The first-order chi connectivity index (χ1) is 16.5. The number of amides is 1. The van der Waals surface area contributed by atoms with E-state index in [4.69, 9.17) is 18.9 Å². The highest BCUT2D eigenvalue weighted by Gasteiger charge is 2.16. The molecule has 1 amide bonds. The number of carbonyl (C=O) groups is 1. The minimum Gasteiger partial charge on any atom is -0.493 e. The Hall–Kier alpha value is -3.71. The van der Waals surface area contributed by atoms with E-state index < -0.39 is 5.91 Å². The molecule has 0 atom stereocenters. The number of anilines is 1. The summed E-state index contributed by atoms with van der Waals surface area (Å²) >= 11 is 2.14. The van der Waals surface area contributed by atoms with Crippen LogP contribution in [0.2, 0.25) is 0 Å². The Morgan fingerprint density at radius 2 is 2.00 bits per heavy atom. The molecule has 34 heavy (non-hydrogen) atoms. The number of nitrogens with zero attached hydrogens (tertiary/aromatic N) is 1. The third-order valence-electron chi connectivity index (χ3n) is 5.02. The number of carbonyl (C=O) groups excluding carboxylic acids is 1. The molecule has 1 heterocycles. The van der Waals surface area contributed by atoms with Crippen molar-refractivity contribution in [2.24, 2.45) is 0 Å². The van der Waals surface area contributed by atoms with Crippen LogP contribution >= 0.6 is 22.6 Å². The van der Waals surface area contributed by atoms with E-state index in [1.807, 2.05) is 55.5 Å². The SMILES string of the molecule is COc1cc(/C=C(/C#N)C(=O)Nc2cccc(C)c2)cc(I)c1OCc1ccc2c(c1)OCO2. The Bertz CT molecular complexity index is 1310. The number of benzene rings is 3. The molecule has 0 saturated carbocycles. The second-order valence-corrected chi connectivity index (χ2v) is 8.67. The van der Waals surface area contributed by atoms with Crippen molar-refractivity contribution in [3.05, 3.63) is 80.4 Å². The van der Waals surface area contributed by atoms with Gasteiger partial charge in [0.25, 0.3) is 5.91 Å². The summed E-state index contributed by atoms with van der Waals surface area (Å²) in [7, 11) is 1.54. The predicted molar refractivity (Wildman–Crippen MR) is 136 cm³/mol. The third-order valence-corrected chi connectivity index (χ3v) is 5.83. The number of hydrogen-bond acceptors (Lipinski definition) is 6. The topological polar surface area (TPSA) is 89.8 Å². The van der Waals surface area contributed by atoms with Crippen LogP contribution < -0.4 is 24.3 Å². The van der Waals surface area contributed by atoms with Crippen molar-refractivity contribution in [1.29, 1.82) is 5.26 Å². The fraction of sp³-hybridized carbons (Fsp3) is 0.154. The summed E-state index contributed by atoms with van der Waals surface area (Å²) in [5, 5.41) is 12.3. The lowest BCUT2D eigenvalue weighted by Crippen LogP contribution is -2.13. The molecule has 0 fully saturated rings. The van der Waals surface area contributed by atoms with Crippen LogP contribution in [-0.2, 0) is 11.4 Å². The van der Waals surface area contributed by atoms with Gasteiger partial charge in [-0.3, -0.25) is 4.79 Å². The van der Waals surface area contributed by atoms with Crippen molar-refractivity contribution >= 4 is 40.3 Å². The monoisotopic (exact) mass is 568 g/mol. The van der Waals surface area contributed by atoms with E-state index in [0.717, 1.165) is 14.7 Å². The predicted octanol–water partition coefficient (Wildman–Crippen LogP) is 5.46. The van der Waals surface area contributed by atoms with E-state index in [1.54, 1.807) is 19.2 Å². The first kappa shape index (κ1) is 23.4. The van der Waals surface area contributed by atoms with Gasteiger partial charge in [-0.25, -0.2) is 0 Å². The molecule has 4 rings (SSSR count). The van der Waals surface area contributed by atoms with Gasteiger partial charge in [-0.05, 0) is 88.7 Å². The number of nitrogens with one attached hydrogen (secondary N) is 1. The van der Waals surface area contributed by atoms with Crippen LogP contribution in [0.1, 0.15) is 16.7 Å². The summed E-state index contributed by atoms with van der Waals surface area (Å²) in [4.78, 5) is 12.6. The zero-order chi connectivity index (χ0) is 24.1. The summed E-state index contributed by atoms with van der Waals surface area (Å²) in [5.41, 5.74) is 3.19. The van der Waals surface area contributed by atoms with Gasteiger partial charge in [0, 0.05) is 5.69 Å². The number of aryl methyl sites for hydroxylation is 1. The van der Waals surface area contributed by atoms with E-state index in [0.29, 0.717) is 40.9 Å². The molecule has 0 unspecified atom stereocenters. The molecule has 0 saturated heterocycles. The molecule has 0 aliphatic carbocycles. The zero-order valence-corrected chi connectivity index (χ0v) is 20.7. The first-order valence-electron chi connectivity index (χ1n) is 10.4. The second kappa shape index (κ2) is 10.5.